The van der Waals surface area contributed by atoms with E-state index in [2.05, 4.69) is 4.98 Å². The maximum absolute atomic E-state index is 3.96. The predicted molar refractivity (Wildman–Crippen MR) is 49.9 cm³/mol. The number of rotatable bonds is 1. The molecule has 0 amide bonds. The number of anilines is 1. The molecule has 0 aliphatic heterocycles. The third-order valence-corrected chi connectivity index (χ3v) is 1.16. The highest BCUT2D eigenvalue weighted by molar-refractivity contribution is 5.41. The minimum atomic E-state index is 1.14. The van der Waals surface area contributed by atoms with Crippen molar-refractivity contribution in [2.45, 2.75) is 13.8 Å². The van der Waals surface area contributed by atoms with Crippen LogP contribution in [-0.4, -0.2) is 19.1 Å². The third kappa shape index (κ3) is 3.61. The van der Waals surface area contributed by atoms with E-state index in [1.165, 1.54) is 0 Å². The van der Waals surface area contributed by atoms with Crippen molar-refractivity contribution in [3.05, 3.63) is 24.5 Å². The summed E-state index contributed by atoms with van der Waals surface area (Å²) in [5, 5.41) is 0. The van der Waals surface area contributed by atoms with Crippen molar-refractivity contribution >= 4 is 5.69 Å². The van der Waals surface area contributed by atoms with E-state index in [1.54, 1.807) is 6.20 Å². The molecule has 0 aromatic carbocycles. The first-order chi connectivity index (χ1) is 5.30. The molecule has 1 aromatic heterocycles. The number of nitrogens with zero attached hydrogens (tertiary/aromatic N) is 2. The molecule has 0 aliphatic carbocycles. The van der Waals surface area contributed by atoms with E-state index in [9.17, 15) is 0 Å². The lowest BCUT2D eigenvalue weighted by Crippen LogP contribution is -2.08. The smallest absolute Gasteiger partial charge is 0.0547 e. The average Bonchev–Trinajstić information content (AvgIpc) is 2.10. The maximum atomic E-state index is 3.96. The summed E-state index contributed by atoms with van der Waals surface area (Å²) in [6.07, 6.45) is 3.60. The largest absolute Gasteiger partial charge is 0.376 e. The fourth-order valence-electron chi connectivity index (χ4n) is 0.618. The molecule has 0 fully saturated rings. The zero-order valence-corrected chi connectivity index (χ0v) is 7.70. The van der Waals surface area contributed by atoms with Gasteiger partial charge in [0.25, 0.3) is 0 Å². The van der Waals surface area contributed by atoms with Crippen molar-refractivity contribution in [2.75, 3.05) is 19.0 Å². The Bertz CT molecular complexity index is 170. The second-order valence-corrected chi connectivity index (χ2v) is 2.11. The second-order valence-electron chi connectivity index (χ2n) is 2.11. The van der Waals surface area contributed by atoms with Crippen molar-refractivity contribution in [3.8, 4) is 0 Å². The van der Waals surface area contributed by atoms with Crippen LogP contribution in [0, 0.1) is 0 Å². The third-order valence-electron chi connectivity index (χ3n) is 1.16. The van der Waals surface area contributed by atoms with Crippen LogP contribution in [0.25, 0.3) is 0 Å². The summed E-state index contributed by atoms with van der Waals surface area (Å²) in [5.41, 5.74) is 1.14. The molecule has 62 valence electrons. The molecule has 11 heavy (non-hydrogen) atoms. The van der Waals surface area contributed by atoms with Crippen LogP contribution in [-0.2, 0) is 0 Å². The zero-order valence-electron chi connectivity index (χ0n) is 7.70. The lowest BCUT2D eigenvalue weighted by molar-refractivity contribution is 1.11. The molecule has 0 radical (unpaired) electrons. The molecule has 2 heteroatoms. The summed E-state index contributed by atoms with van der Waals surface area (Å²) < 4.78 is 0. The molecule has 0 spiro atoms. The summed E-state index contributed by atoms with van der Waals surface area (Å²) in [6.45, 7) is 4.00. The molecule has 0 atom stereocenters. The first kappa shape index (κ1) is 9.95. The van der Waals surface area contributed by atoms with Crippen LogP contribution in [0.4, 0.5) is 5.69 Å². The summed E-state index contributed by atoms with van der Waals surface area (Å²) in [7, 11) is 3.99. The Labute approximate surface area is 68.9 Å². The minimum absolute atomic E-state index is 1.14. The van der Waals surface area contributed by atoms with Gasteiger partial charge in [0.15, 0.2) is 0 Å². The van der Waals surface area contributed by atoms with Crippen LogP contribution >= 0.6 is 0 Å². The van der Waals surface area contributed by atoms with Gasteiger partial charge in [0.2, 0.25) is 0 Å². The van der Waals surface area contributed by atoms with Gasteiger partial charge in [0.1, 0.15) is 0 Å². The van der Waals surface area contributed by atoms with Gasteiger partial charge in [-0.3, -0.25) is 4.98 Å². The summed E-state index contributed by atoms with van der Waals surface area (Å²) >= 11 is 0. The molecule has 0 aliphatic rings. The molecule has 0 unspecified atom stereocenters. The average molecular weight is 152 g/mol. The molecule has 0 N–H and O–H groups in total. The molecule has 1 aromatic rings. The highest BCUT2D eigenvalue weighted by atomic mass is 15.1. The van der Waals surface area contributed by atoms with Gasteiger partial charge in [0.05, 0.1) is 11.9 Å². The normalized spacial score (nSPS) is 8.00. The van der Waals surface area contributed by atoms with Gasteiger partial charge in [-0.2, -0.15) is 0 Å². The Morgan fingerprint density at radius 3 is 2.18 bits per heavy atom. The van der Waals surface area contributed by atoms with Crippen LogP contribution < -0.4 is 4.90 Å². The van der Waals surface area contributed by atoms with Gasteiger partial charge in [-0.25, -0.2) is 0 Å². The van der Waals surface area contributed by atoms with Gasteiger partial charge < -0.3 is 4.90 Å². The fourth-order valence-corrected chi connectivity index (χ4v) is 0.618. The topological polar surface area (TPSA) is 16.1 Å². The van der Waals surface area contributed by atoms with E-state index in [0.29, 0.717) is 0 Å². The van der Waals surface area contributed by atoms with Crippen LogP contribution in [0.2, 0.25) is 0 Å². The van der Waals surface area contributed by atoms with Crippen molar-refractivity contribution in [1.82, 2.24) is 4.98 Å². The van der Waals surface area contributed by atoms with Gasteiger partial charge in [-0.05, 0) is 12.1 Å². The maximum Gasteiger partial charge on any atom is 0.0547 e. The first-order valence-electron chi connectivity index (χ1n) is 3.88. The Hall–Kier alpha value is -1.05. The van der Waals surface area contributed by atoms with Crippen LogP contribution in [0.1, 0.15) is 13.8 Å². The van der Waals surface area contributed by atoms with Crippen LogP contribution in [0.15, 0.2) is 24.5 Å². The quantitative estimate of drug-likeness (QED) is 0.613. The van der Waals surface area contributed by atoms with Crippen LogP contribution in [0.5, 0.6) is 0 Å². The summed E-state index contributed by atoms with van der Waals surface area (Å²) in [4.78, 5) is 5.99. The molecule has 1 rings (SSSR count). The Morgan fingerprint density at radius 1 is 1.27 bits per heavy atom. The molecule has 2 nitrogen and oxygen atoms in total. The van der Waals surface area contributed by atoms with Crippen molar-refractivity contribution in [1.29, 1.82) is 0 Å². The highest BCUT2D eigenvalue weighted by Crippen LogP contribution is 2.04. The fraction of sp³-hybridized carbons (Fsp3) is 0.444. The molecular weight excluding hydrogens is 136 g/mol. The second kappa shape index (κ2) is 5.71. The minimum Gasteiger partial charge on any atom is -0.376 e. The molecule has 0 saturated heterocycles. The van der Waals surface area contributed by atoms with Crippen molar-refractivity contribution in [2.24, 2.45) is 0 Å². The number of hydrogen-bond acceptors (Lipinski definition) is 2. The van der Waals surface area contributed by atoms with Gasteiger partial charge in [0, 0.05) is 20.3 Å². The van der Waals surface area contributed by atoms with Gasteiger partial charge in [-0.1, -0.05) is 13.8 Å². The Kier molecular flexibility index (Phi) is 5.17. The van der Waals surface area contributed by atoms with Crippen molar-refractivity contribution < 1.29 is 0 Å². The van der Waals surface area contributed by atoms with E-state index in [0.717, 1.165) is 5.69 Å². The standard InChI is InChI=1S/C7H10N2.C2H6/c1-9(2)7-4-3-5-8-6-7;1-2/h3-6H,1-2H3;1-2H3. The lowest BCUT2D eigenvalue weighted by atomic mass is 10.4. The number of aromatic nitrogens is 1. The Balaban J connectivity index is 0.000000461. The lowest BCUT2D eigenvalue weighted by Gasteiger charge is -2.09. The van der Waals surface area contributed by atoms with E-state index < -0.39 is 0 Å². The summed E-state index contributed by atoms with van der Waals surface area (Å²) in [6, 6.07) is 3.95. The summed E-state index contributed by atoms with van der Waals surface area (Å²) in [5.74, 6) is 0. The monoisotopic (exact) mass is 152 g/mol. The Morgan fingerprint density at radius 2 is 1.91 bits per heavy atom. The molecular formula is C9H16N2. The highest BCUT2D eigenvalue weighted by Gasteiger charge is 1.88. The van der Waals surface area contributed by atoms with Gasteiger partial charge in [-0.15, -0.1) is 0 Å². The van der Waals surface area contributed by atoms with Crippen molar-refractivity contribution in [3.63, 3.8) is 0 Å². The number of pyridine rings is 1. The van der Waals surface area contributed by atoms with E-state index in [-0.39, 0.29) is 0 Å². The van der Waals surface area contributed by atoms with Crippen LogP contribution in [0.3, 0.4) is 0 Å². The van der Waals surface area contributed by atoms with E-state index in [4.69, 9.17) is 0 Å². The van der Waals surface area contributed by atoms with Gasteiger partial charge >= 0.3 is 0 Å². The first-order valence-corrected chi connectivity index (χ1v) is 3.88. The molecule has 0 saturated carbocycles. The van der Waals surface area contributed by atoms with E-state index >= 15 is 0 Å². The van der Waals surface area contributed by atoms with E-state index in [1.807, 2.05) is 51.2 Å². The molecule has 1 heterocycles. The zero-order chi connectivity index (χ0) is 8.69. The predicted octanol–water partition coefficient (Wildman–Crippen LogP) is 2.17. The number of hydrogen-bond donors (Lipinski definition) is 0. The SMILES string of the molecule is CC.CN(C)c1cccnc1. The molecule has 0 bridgehead atoms.